The third-order valence-corrected chi connectivity index (χ3v) is 8.39. The molecule has 42 heavy (non-hydrogen) atoms. The number of aromatic nitrogens is 3. The lowest BCUT2D eigenvalue weighted by Gasteiger charge is -2.25. The van der Waals surface area contributed by atoms with Gasteiger partial charge in [-0.05, 0) is 72.5 Å². The Morgan fingerprint density at radius 1 is 0.690 bits per heavy atom. The van der Waals surface area contributed by atoms with Crippen molar-refractivity contribution in [2.75, 3.05) is 20.3 Å². The van der Waals surface area contributed by atoms with Gasteiger partial charge in [0.15, 0.2) is 0 Å². The van der Waals surface area contributed by atoms with Crippen molar-refractivity contribution in [3.63, 3.8) is 0 Å². The first-order valence-corrected chi connectivity index (χ1v) is 15.0. The van der Waals surface area contributed by atoms with E-state index in [0.29, 0.717) is 19.3 Å². The van der Waals surface area contributed by atoms with Gasteiger partial charge in [-0.3, -0.25) is 0 Å². The molecule has 6 aromatic rings. The molecule has 210 valence electrons. The van der Waals surface area contributed by atoms with E-state index in [1.165, 1.54) is 37.6 Å². The van der Waals surface area contributed by atoms with Gasteiger partial charge in [0.2, 0.25) is 0 Å². The summed E-state index contributed by atoms with van der Waals surface area (Å²) in [4.78, 5) is 10.3. The van der Waals surface area contributed by atoms with Crippen LogP contribution in [0, 0.1) is 0 Å². The predicted molar refractivity (Wildman–Crippen MR) is 171 cm³/mol. The standard InChI is InChI=1S/C37H35N3O2/c1-41-22-23-42-30-18-19-31(26-10-4-2-5-11-26)32(25-30)34-21-16-27-24-28(17-20-33(27)38-34)37-39-35-14-8-9-15-36(35)40(37)29-12-6-3-7-13-29/h2,4-5,8-11,14-21,24-25,29H,3,6-7,12-13,22-23H2,1H3. The first-order valence-electron chi connectivity index (χ1n) is 15.0. The molecule has 0 radical (unpaired) electrons. The quantitative estimate of drug-likeness (QED) is 0.176. The second-order valence-electron chi connectivity index (χ2n) is 11.1. The van der Waals surface area contributed by atoms with Crippen LogP contribution < -0.4 is 4.74 Å². The molecule has 0 aliphatic heterocycles. The zero-order valence-corrected chi connectivity index (χ0v) is 24.0. The van der Waals surface area contributed by atoms with Gasteiger partial charge in [0.1, 0.15) is 18.2 Å². The van der Waals surface area contributed by atoms with Crippen LogP contribution in [-0.2, 0) is 4.74 Å². The zero-order chi connectivity index (χ0) is 28.3. The van der Waals surface area contributed by atoms with E-state index in [1.54, 1.807) is 7.11 Å². The van der Waals surface area contributed by atoms with Crippen molar-refractivity contribution in [2.45, 2.75) is 38.1 Å². The molecule has 4 aromatic carbocycles. The first-order chi connectivity index (χ1) is 20.8. The molecule has 0 amide bonds. The molecule has 0 spiro atoms. The molecule has 2 aromatic heterocycles. The largest absolute Gasteiger partial charge is 0.491 e. The smallest absolute Gasteiger partial charge is 0.141 e. The van der Waals surface area contributed by atoms with Crippen molar-refractivity contribution in [3.8, 4) is 39.5 Å². The number of ether oxygens (including phenoxy) is 2. The molecule has 2 heterocycles. The molecule has 0 unspecified atom stereocenters. The van der Waals surface area contributed by atoms with E-state index in [-0.39, 0.29) is 0 Å². The number of para-hydroxylation sites is 2. The van der Waals surface area contributed by atoms with E-state index < -0.39 is 0 Å². The van der Waals surface area contributed by atoms with Crippen LogP contribution in [0.25, 0.3) is 55.7 Å². The molecule has 5 heteroatoms. The molecule has 1 saturated carbocycles. The lowest BCUT2D eigenvalue weighted by molar-refractivity contribution is 0.146. The topological polar surface area (TPSA) is 49.2 Å². The summed E-state index contributed by atoms with van der Waals surface area (Å²) in [5.74, 6) is 1.86. The van der Waals surface area contributed by atoms with Crippen LogP contribution in [0.4, 0.5) is 0 Å². The Labute approximate surface area is 246 Å². The number of pyridine rings is 1. The highest BCUT2D eigenvalue weighted by atomic mass is 16.5. The van der Waals surface area contributed by atoms with Gasteiger partial charge in [0.05, 0.1) is 28.9 Å². The second-order valence-corrected chi connectivity index (χ2v) is 11.1. The van der Waals surface area contributed by atoms with Crippen molar-refractivity contribution in [1.82, 2.24) is 14.5 Å². The highest BCUT2D eigenvalue weighted by Crippen LogP contribution is 2.38. The minimum atomic E-state index is 0.493. The average Bonchev–Trinajstić information content (AvgIpc) is 3.45. The fraction of sp³-hybridized carbons (Fsp3) is 0.243. The number of benzene rings is 4. The van der Waals surface area contributed by atoms with Gasteiger partial charge >= 0.3 is 0 Å². The van der Waals surface area contributed by atoms with E-state index in [9.17, 15) is 0 Å². The summed E-state index contributed by atoms with van der Waals surface area (Å²) < 4.78 is 13.7. The van der Waals surface area contributed by atoms with Crippen molar-refractivity contribution in [3.05, 3.63) is 103 Å². The van der Waals surface area contributed by atoms with Crippen LogP contribution in [0.3, 0.4) is 0 Å². The van der Waals surface area contributed by atoms with Crippen molar-refractivity contribution >= 4 is 21.9 Å². The zero-order valence-electron chi connectivity index (χ0n) is 24.0. The van der Waals surface area contributed by atoms with Crippen LogP contribution >= 0.6 is 0 Å². The Hall–Kier alpha value is -4.48. The van der Waals surface area contributed by atoms with E-state index in [4.69, 9.17) is 19.4 Å². The summed E-state index contributed by atoms with van der Waals surface area (Å²) in [6.07, 6.45) is 6.32. The fourth-order valence-corrected chi connectivity index (χ4v) is 6.31. The lowest BCUT2D eigenvalue weighted by atomic mass is 9.94. The number of rotatable bonds is 8. The molecule has 1 aliphatic rings. The van der Waals surface area contributed by atoms with Crippen LogP contribution in [0.2, 0.25) is 0 Å². The van der Waals surface area contributed by atoms with Crippen molar-refractivity contribution in [2.24, 2.45) is 0 Å². The molecule has 5 nitrogen and oxygen atoms in total. The van der Waals surface area contributed by atoms with E-state index in [0.717, 1.165) is 55.9 Å². The van der Waals surface area contributed by atoms with Gasteiger partial charge in [-0.15, -0.1) is 0 Å². The number of hydrogen-bond acceptors (Lipinski definition) is 4. The SMILES string of the molecule is COCCOc1ccc(-c2ccccc2)c(-c2ccc3cc(-c4nc5ccccc5n4C4CCCCC4)ccc3n2)c1. The monoisotopic (exact) mass is 553 g/mol. The Bertz CT molecular complexity index is 1840. The first kappa shape index (κ1) is 26.4. The van der Waals surface area contributed by atoms with E-state index in [1.807, 2.05) is 12.1 Å². The molecule has 1 fully saturated rings. The summed E-state index contributed by atoms with van der Waals surface area (Å²) in [6.45, 7) is 1.04. The summed E-state index contributed by atoms with van der Waals surface area (Å²) in [7, 11) is 1.68. The molecule has 0 saturated heterocycles. The maximum Gasteiger partial charge on any atom is 0.141 e. The molecule has 1 aliphatic carbocycles. The number of hydrogen-bond donors (Lipinski definition) is 0. The average molecular weight is 554 g/mol. The molecule has 0 N–H and O–H groups in total. The Kier molecular flexibility index (Phi) is 7.42. The maximum absolute atomic E-state index is 5.98. The Balaban J connectivity index is 1.29. The third kappa shape index (κ3) is 5.17. The van der Waals surface area contributed by atoms with E-state index >= 15 is 0 Å². The van der Waals surface area contributed by atoms with Gasteiger partial charge < -0.3 is 14.0 Å². The number of nitrogens with zero attached hydrogens (tertiary/aromatic N) is 3. The molecule has 0 atom stereocenters. The summed E-state index contributed by atoms with van der Waals surface area (Å²) in [5, 5.41) is 1.10. The molecule has 7 rings (SSSR count). The lowest BCUT2D eigenvalue weighted by Crippen LogP contribution is -2.13. The van der Waals surface area contributed by atoms with Gasteiger partial charge in [-0.2, -0.15) is 0 Å². The normalized spacial score (nSPS) is 14.0. The van der Waals surface area contributed by atoms with Crippen molar-refractivity contribution in [1.29, 1.82) is 0 Å². The third-order valence-electron chi connectivity index (χ3n) is 8.39. The minimum absolute atomic E-state index is 0.493. The van der Waals surface area contributed by atoms with Gasteiger partial charge in [-0.25, -0.2) is 9.97 Å². The van der Waals surface area contributed by atoms with E-state index in [2.05, 4.69) is 95.6 Å². The highest BCUT2D eigenvalue weighted by molar-refractivity contribution is 5.90. The van der Waals surface area contributed by atoms with Gasteiger partial charge in [0, 0.05) is 29.7 Å². The highest BCUT2D eigenvalue weighted by Gasteiger charge is 2.22. The fourth-order valence-electron chi connectivity index (χ4n) is 6.31. The molecule has 0 bridgehead atoms. The second kappa shape index (κ2) is 11.8. The van der Waals surface area contributed by atoms with Crippen LogP contribution in [-0.4, -0.2) is 34.9 Å². The summed E-state index contributed by atoms with van der Waals surface area (Å²) in [5.41, 5.74) is 8.62. The predicted octanol–water partition coefficient (Wildman–Crippen LogP) is 9.12. The Morgan fingerprint density at radius 3 is 2.38 bits per heavy atom. The van der Waals surface area contributed by atoms with Crippen molar-refractivity contribution < 1.29 is 9.47 Å². The molecular weight excluding hydrogens is 518 g/mol. The maximum atomic E-state index is 5.98. The number of fused-ring (bicyclic) bond motifs is 2. The van der Waals surface area contributed by atoms with Crippen LogP contribution in [0.5, 0.6) is 5.75 Å². The Morgan fingerprint density at radius 2 is 1.52 bits per heavy atom. The summed E-state index contributed by atoms with van der Waals surface area (Å²) in [6, 6.07) is 36.6. The van der Waals surface area contributed by atoms with Gasteiger partial charge in [0.25, 0.3) is 0 Å². The number of methoxy groups -OCH3 is 1. The number of imidazole rings is 1. The van der Waals surface area contributed by atoms with Crippen LogP contribution in [0.1, 0.15) is 38.1 Å². The molecular formula is C37H35N3O2. The van der Waals surface area contributed by atoms with Crippen LogP contribution in [0.15, 0.2) is 103 Å². The van der Waals surface area contributed by atoms with Gasteiger partial charge in [-0.1, -0.05) is 73.9 Å². The minimum Gasteiger partial charge on any atom is -0.491 e. The summed E-state index contributed by atoms with van der Waals surface area (Å²) >= 11 is 0.